The monoisotopic (exact) mass is 264 g/mol. The molecule has 0 aliphatic carbocycles. The van der Waals surface area contributed by atoms with Crippen molar-refractivity contribution in [2.75, 3.05) is 5.32 Å². The minimum absolute atomic E-state index is 0.273. The summed E-state index contributed by atoms with van der Waals surface area (Å²) in [6.07, 6.45) is 3.39. The summed E-state index contributed by atoms with van der Waals surface area (Å²) in [5.41, 5.74) is 6.72. The Balaban J connectivity index is 2.42. The number of carbonyl (C=O) groups excluding carboxylic acids is 1. The smallest absolute Gasteiger partial charge is 0.241 e. The normalized spacial score (nSPS) is 12.2. The highest BCUT2D eigenvalue weighted by Crippen LogP contribution is 2.27. The van der Waals surface area contributed by atoms with Crippen molar-refractivity contribution in [2.45, 2.75) is 13.0 Å². The molecule has 1 heterocycles. The molecule has 0 saturated heterocycles. The molecule has 1 atom stereocenters. The third-order valence-corrected chi connectivity index (χ3v) is 2.70. The minimum atomic E-state index is -0.588. The Morgan fingerprint density at radius 2 is 2.28 bits per heavy atom. The average Bonchev–Trinajstić information content (AvgIpc) is 2.82. The van der Waals surface area contributed by atoms with Gasteiger partial charge in [-0.1, -0.05) is 17.7 Å². The number of nitrogens with zero attached hydrogens (tertiary/aromatic N) is 2. The van der Waals surface area contributed by atoms with Gasteiger partial charge >= 0.3 is 0 Å². The van der Waals surface area contributed by atoms with E-state index in [-0.39, 0.29) is 5.91 Å². The molecule has 2 aromatic rings. The van der Waals surface area contributed by atoms with E-state index in [9.17, 15) is 4.79 Å². The number of hydrogen-bond acceptors (Lipinski definition) is 3. The summed E-state index contributed by atoms with van der Waals surface area (Å²) in [7, 11) is 0. The van der Waals surface area contributed by atoms with Crippen LogP contribution in [0.3, 0.4) is 0 Å². The zero-order valence-corrected chi connectivity index (χ0v) is 10.6. The average molecular weight is 265 g/mol. The van der Waals surface area contributed by atoms with Crippen LogP contribution >= 0.6 is 11.6 Å². The van der Waals surface area contributed by atoms with Gasteiger partial charge in [-0.25, -0.2) is 4.68 Å². The van der Waals surface area contributed by atoms with E-state index in [4.69, 9.17) is 17.3 Å². The van der Waals surface area contributed by atoms with Gasteiger partial charge in [0, 0.05) is 12.4 Å². The highest BCUT2D eigenvalue weighted by atomic mass is 35.5. The summed E-state index contributed by atoms with van der Waals surface area (Å²) in [6.45, 7) is 1.62. The Hall–Kier alpha value is -1.85. The highest BCUT2D eigenvalue weighted by molar-refractivity contribution is 6.33. The first-order valence-corrected chi connectivity index (χ1v) is 5.82. The van der Waals surface area contributed by atoms with Crippen LogP contribution in [0.5, 0.6) is 0 Å². The molecule has 0 aliphatic heterocycles. The second kappa shape index (κ2) is 5.20. The molecular weight excluding hydrogens is 252 g/mol. The quantitative estimate of drug-likeness (QED) is 0.888. The molecule has 1 aromatic heterocycles. The van der Waals surface area contributed by atoms with Crippen molar-refractivity contribution < 1.29 is 4.79 Å². The van der Waals surface area contributed by atoms with Gasteiger partial charge in [-0.05, 0) is 25.1 Å². The van der Waals surface area contributed by atoms with Crippen LogP contribution in [0.15, 0.2) is 36.7 Å². The van der Waals surface area contributed by atoms with Crippen molar-refractivity contribution in [2.24, 2.45) is 5.73 Å². The largest absolute Gasteiger partial charge is 0.323 e. The third-order valence-electron chi connectivity index (χ3n) is 2.39. The van der Waals surface area contributed by atoms with Gasteiger partial charge in [0.1, 0.15) is 5.69 Å². The van der Waals surface area contributed by atoms with E-state index in [1.54, 1.807) is 48.3 Å². The number of rotatable bonds is 3. The maximum absolute atomic E-state index is 11.6. The molecule has 0 radical (unpaired) electrons. The molecule has 3 N–H and O–H groups in total. The van der Waals surface area contributed by atoms with Crippen LogP contribution in [0.1, 0.15) is 6.92 Å². The van der Waals surface area contributed by atoms with E-state index >= 15 is 0 Å². The number of benzene rings is 1. The molecule has 2 rings (SSSR count). The number of hydrogen-bond donors (Lipinski definition) is 2. The number of halogens is 1. The number of anilines is 1. The second-order valence-electron chi connectivity index (χ2n) is 3.86. The molecule has 5 nitrogen and oxygen atoms in total. The molecule has 18 heavy (non-hydrogen) atoms. The standard InChI is InChI=1S/C12H13ClN4O/c1-8(14)12(18)16-10-5-2-4-9(13)11(10)17-7-3-6-15-17/h2-8H,14H2,1H3,(H,16,18)/t8-/m0/s1. The van der Waals surface area contributed by atoms with Gasteiger partial charge in [-0.2, -0.15) is 5.10 Å². The fourth-order valence-electron chi connectivity index (χ4n) is 1.50. The first-order chi connectivity index (χ1) is 8.59. The highest BCUT2D eigenvalue weighted by Gasteiger charge is 2.14. The fraction of sp³-hybridized carbons (Fsp3) is 0.167. The molecule has 0 unspecified atom stereocenters. The minimum Gasteiger partial charge on any atom is -0.323 e. The summed E-state index contributed by atoms with van der Waals surface area (Å²) in [5.74, 6) is -0.273. The van der Waals surface area contributed by atoms with Crippen molar-refractivity contribution in [3.63, 3.8) is 0 Å². The summed E-state index contributed by atoms with van der Waals surface area (Å²) in [6, 6.07) is 6.44. The Labute approximate surface area is 110 Å². The molecule has 0 saturated carbocycles. The fourth-order valence-corrected chi connectivity index (χ4v) is 1.76. The first-order valence-electron chi connectivity index (χ1n) is 5.44. The van der Waals surface area contributed by atoms with Crippen molar-refractivity contribution in [1.82, 2.24) is 9.78 Å². The molecule has 94 valence electrons. The molecular formula is C12H13ClN4O. The van der Waals surface area contributed by atoms with E-state index < -0.39 is 6.04 Å². The summed E-state index contributed by atoms with van der Waals surface area (Å²) in [5, 5.41) is 7.34. The number of amides is 1. The Morgan fingerprint density at radius 3 is 2.89 bits per heavy atom. The van der Waals surface area contributed by atoms with Crippen molar-refractivity contribution in [1.29, 1.82) is 0 Å². The SMILES string of the molecule is C[C@H](N)C(=O)Nc1cccc(Cl)c1-n1cccn1. The van der Waals surface area contributed by atoms with Gasteiger partial charge in [0.2, 0.25) is 5.91 Å². The van der Waals surface area contributed by atoms with E-state index in [0.717, 1.165) is 0 Å². The summed E-state index contributed by atoms with van der Waals surface area (Å²) in [4.78, 5) is 11.6. The summed E-state index contributed by atoms with van der Waals surface area (Å²) >= 11 is 6.14. The predicted molar refractivity (Wildman–Crippen MR) is 70.9 cm³/mol. The molecule has 1 aromatic carbocycles. The van der Waals surface area contributed by atoms with Crippen LogP contribution in [0.25, 0.3) is 5.69 Å². The van der Waals surface area contributed by atoms with E-state index in [1.165, 1.54) is 0 Å². The van der Waals surface area contributed by atoms with Crippen LogP contribution < -0.4 is 11.1 Å². The first kappa shape index (κ1) is 12.6. The molecule has 0 fully saturated rings. The van der Waals surface area contributed by atoms with Crippen molar-refractivity contribution in [3.05, 3.63) is 41.7 Å². The molecule has 1 amide bonds. The maximum Gasteiger partial charge on any atom is 0.241 e. The van der Waals surface area contributed by atoms with Gasteiger partial charge in [0.15, 0.2) is 0 Å². The lowest BCUT2D eigenvalue weighted by atomic mass is 10.2. The van der Waals surface area contributed by atoms with Gasteiger partial charge in [-0.3, -0.25) is 4.79 Å². The van der Waals surface area contributed by atoms with E-state index in [1.807, 2.05) is 0 Å². The van der Waals surface area contributed by atoms with Gasteiger partial charge in [0.25, 0.3) is 0 Å². The molecule has 6 heteroatoms. The molecule has 0 bridgehead atoms. The predicted octanol–water partition coefficient (Wildman–Crippen LogP) is 1.81. The third kappa shape index (κ3) is 2.52. The number of nitrogens with one attached hydrogen (secondary N) is 1. The van der Waals surface area contributed by atoms with Crippen LogP contribution in [-0.4, -0.2) is 21.7 Å². The van der Waals surface area contributed by atoms with Crippen LogP contribution in [-0.2, 0) is 4.79 Å². The van der Waals surface area contributed by atoms with Crippen LogP contribution in [0.4, 0.5) is 5.69 Å². The lowest BCUT2D eigenvalue weighted by Gasteiger charge is -2.13. The Bertz CT molecular complexity index is 551. The number of aromatic nitrogens is 2. The molecule has 0 spiro atoms. The van der Waals surface area contributed by atoms with Crippen molar-refractivity contribution >= 4 is 23.2 Å². The Kier molecular flexibility index (Phi) is 3.64. The molecule has 0 aliphatic rings. The zero-order valence-electron chi connectivity index (χ0n) is 9.80. The van der Waals surface area contributed by atoms with Crippen LogP contribution in [0.2, 0.25) is 5.02 Å². The number of carbonyl (C=O) groups is 1. The zero-order chi connectivity index (χ0) is 13.1. The second-order valence-corrected chi connectivity index (χ2v) is 4.27. The Morgan fingerprint density at radius 1 is 1.50 bits per heavy atom. The van der Waals surface area contributed by atoms with Crippen molar-refractivity contribution in [3.8, 4) is 5.69 Å². The van der Waals surface area contributed by atoms with Gasteiger partial charge in [-0.15, -0.1) is 0 Å². The van der Waals surface area contributed by atoms with Crippen LogP contribution in [0, 0.1) is 0 Å². The maximum atomic E-state index is 11.6. The lowest BCUT2D eigenvalue weighted by Crippen LogP contribution is -2.32. The van der Waals surface area contributed by atoms with E-state index in [2.05, 4.69) is 10.4 Å². The van der Waals surface area contributed by atoms with Gasteiger partial charge < -0.3 is 11.1 Å². The summed E-state index contributed by atoms with van der Waals surface area (Å²) < 4.78 is 1.60. The topological polar surface area (TPSA) is 72.9 Å². The number of para-hydroxylation sites is 1. The van der Waals surface area contributed by atoms with E-state index in [0.29, 0.717) is 16.4 Å². The number of nitrogens with two attached hydrogens (primary N) is 1. The van der Waals surface area contributed by atoms with Gasteiger partial charge in [0.05, 0.1) is 16.8 Å². The lowest BCUT2D eigenvalue weighted by molar-refractivity contribution is -0.117.